The Morgan fingerprint density at radius 1 is 1.28 bits per heavy atom. The third-order valence-corrected chi connectivity index (χ3v) is 4.37. The van der Waals surface area contributed by atoms with E-state index in [-0.39, 0.29) is 12.3 Å². The van der Waals surface area contributed by atoms with Gasteiger partial charge in [-0.3, -0.25) is 0 Å². The molecule has 5 nitrogen and oxygen atoms in total. The zero-order valence-electron chi connectivity index (χ0n) is 10.1. The third-order valence-electron chi connectivity index (χ3n) is 2.59. The molecule has 1 aromatic heterocycles. The summed E-state index contributed by atoms with van der Waals surface area (Å²) in [5.74, 6) is 0.638. The van der Waals surface area contributed by atoms with Crippen molar-refractivity contribution in [2.45, 2.75) is 12.3 Å². The molecule has 0 saturated carbocycles. The molecule has 6 heteroatoms. The minimum atomic E-state index is -3.32. The van der Waals surface area contributed by atoms with Gasteiger partial charge in [0.15, 0.2) is 0 Å². The van der Waals surface area contributed by atoms with E-state index in [1.165, 1.54) is 4.31 Å². The normalized spacial score (nSPS) is 11.9. The zero-order chi connectivity index (χ0) is 13.0. The fourth-order valence-corrected chi connectivity index (χ4v) is 2.74. The number of nitrogens with one attached hydrogen (secondary N) is 1. The number of hydrogen-bond donors (Lipinski definition) is 1. The highest BCUT2D eigenvalue weighted by Crippen LogP contribution is 2.10. The molecule has 0 aliphatic rings. The maximum Gasteiger partial charge on any atom is 0.218 e. The number of sulfonamides is 1. The van der Waals surface area contributed by atoms with Gasteiger partial charge in [0.05, 0.1) is 12.3 Å². The second kappa shape index (κ2) is 5.32. The highest BCUT2D eigenvalue weighted by atomic mass is 32.2. The van der Waals surface area contributed by atoms with Crippen LogP contribution in [0.15, 0.2) is 42.7 Å². The Balaban J connectivity index is 2.06. The van der Waals surface area contributed by atoms with Crippen molar-refractivity contribution in [2.24, 2.45) is 0 Å². The Morgan fingerprint density at radius 3 is 2.61 bits per heavy atom. The van der Waals surface area contributed by atoms with Gasteiger partial charge in [0.2, 0.25) is 10.0 Å². The van der Waals surface area contributed by atoms with Gasteiger partial charge in [-0.1, -0.05) is 30.3 Å². The van der Waals surface area contributed by atoms with E-state index in [9.17, 15) is 8.42 Å². The molecule has 96 valence electrons. The molecule has 0 saturated heterocycles. The van der Waals surface area contributed by atoms with E-state index >= 15 is 0 Å². The van der Waals surface area contributed by atoms with Crippen LogP contribution < -0.4 is 0 Å². The fourth-order valence-electron chi connectivity index (χ4n) is 1.59. The number of benzene rings is 1. The van der Waals surface area contributed by atoms with Gasteiger partial charge in [-0.25, -0.2) is 13.4 Å². The van der Waals surface area contributed by atoms with E-state index in [0.29, 0.717) is 5.82 Å². The van der Waals surface area contributed by atoms with Crippen LogP contribution in [0.5, 0.6) is 0 Å². The Bertz CT molecular complexity index is 579. The molecular weight excluding hydrogens is 250 g/mol. The van der Waals surface area contributed by atoms with Crippen molar-refractivity contribution in [3.63, 3.8) is 0 Å². The number of H-pyrrole nitrogens is 1. The number of aromatic amines is 1. The van der Waals surface area contributed by atoms with E-state index in [4.69, 9.17) is 0 Å². The van der Waals surface area contributed by atoms with E-state index in [1.807, 2.05) is 18.2 Å². The summed E-state index contributed by atoms with van der Waals surface area (Å²) in [4.78, 5) is 6.90. The molecular formula is C12H15N3O2S. The Morgan fingerprint density at radius 2 is 2.00 bits per heavy atom. The van der Waals surface area contributed by atoms with Gasteiger partial charge in [0.1, 0.15) is 5.82 Å². The van der Waals surface area contributed by atoms with E-state index in [2.05, 4.69) is 9.97 Å². The smallest absolute Gasteiger partial charge is 0.218 e. The molecule has 1 aromatic carbocycles. The molecule has 0 atom stereocenters. The van der Waals surface area contributed by atoms with Crippen LogP contribution in [-0.4, -0.2) is 29.7 Å². The first-order chi connectivity index (χ1) is 8.58. The van der Waals surface area contributed by atoms with Crippen LogP contribution in [0.25, 0.3) is 0 Å². The lowest BCUT2D eigenvalue weighted by molar-refractivity contribution is 0.457. The topological polar surface area (TPSA) is 66.1 Å². The molecule has 0 bridgehead atoms. The summed E-state index contributed by atoms with van der Waals surface area (Å²) in [6, 6.07) is 9.13. The minimum absolute atomic E-state index is 0.00501. The summed E-state index contributed by atoms with van der Waals surface area (Å²) in [5.41, 5.74) is 0.781. The molecule has 18 heavy (non-hydrogen) atoms. The number of rotatable bonds is 5. The largest absolute Gasteiger partial charge is 0.347 e. The second-order valence-electron chi connectivity index (χ2n) is 4.03. The monoisotopic (exact) mass is 265 g/mol. The molecule has 0 fully saturated rings. The second-order valence-corrected chi connectivity index (χ2v) is 6.11. The molecule has 0 aliphatic carbocycles. The predicted molar refractivity (Wildman–Crippen MR) is 69.1 cm³/mol. The van der Waals surface area contributed by atoms with E-state index in [0.717, 1.165) is 5.56 Å². The van der Waals surface area contributed by atoms with Crippen molar-refractivity contribution in [2.75, 3.05) is 7.05 Å². The van der Waals surface area contributed by atoms with Crippen LogP contribution in [0.1, 0.15) is 11.4 Å². The number of imidazole rings is 1. The van der Waals surface area contributed by atoms with Crippen molar-refractivity contribution in [1.29, 1.82) is 0 Å². The minimum Gasteiger partial charge on any atom is -0.347 e. The Labute approximate surface area is 107 Å². The first kappa shape index (κ1) is 12.8. The lowest BCUT2D eigenvalue weighted by atomic mass is 10.2. The predicted octanol–water partition coefficient (Wildman–Crippen LogP) is 1.37. The summed E-state index contributed by atoms with van der Waals surface area (Å²) in [5, 5.41) is 0. The van der Waals surface area contributed by atoms with Crippen molar-refractivity contribution in [3.8, 4) is 0 Å². The average molecular weight is 265 g/mol. The van der Waals surface area contributed by atoms with Crippen LogP contribution >= 0.6 is 0 Å². The van der Waals surface area contributed by atoms with Crippen LogP contribution in [0, 0.1) is 0 Å². The highest BCUT2D eigenvalue weighted by Gasteiger charge is 2.19. The molecule has 0 amide bonds. The first-order valence-corrected chi connectivity index (χ1v) is 7.15. The third kappa shape index (κ3) is 3.18. The highest BCUT2D eigenvalue weighted by molar-refractivity contribution is 7.88. The molecule has 0 unspecified atom stereocenters. The number of hydrogen-bond acceptors (Lipinski definition) is 3. The molecule has 1 N–H and O–H groups in total. The van der Waals surface area contributed by atoms with Crippen LogP contribution in [0.3, 0.4) is 0 Å². The lowest BCUT2D eigenvalue weighted by Gasteiger charge is -2.15. The maximum atomic E-state index is 12.1. The summed E-state index contributed by atoms with van der Waals surface area (Å²) in [7, 11) is -1.76. The maximum absolute atomic E-state index is 12.1. The molecule has 1 heterocycles. The molecule has 0 spiro atoms. The van der Waals surface area contributed by atoms with Crippen LogP contribution in [0.4, 0.5) is 0 Å². The summed E-state index contributed by atoms with van der Waals surface area (Å²) < 4.78 is 25.5. The molecule has 0 aliphatic heterocycles. The van der Waals surface area contributed by atoms with Crippen LogP contribution in [0.2, 0.25) is 0 Å². The van der Waals surface area contributed by atoms with Crippen LogP contribution in [-0.2, 0) is 22.3 Å². The number of nitrogens with zero attached hydrogens (tertiary/aromatic N) is 2. The molecule has 2 aromatic rings. The standard InChI is InChI=1S/C12H15N3O2S/c1-15(9-12-13-7-8-14-12)18(16,17)10-11-5-3-2-4-6-11/h2-8H,9-10H2,1H3,(H,13,14). The van der Waals surface area contributed by atoms with Crippen molar-refractivity contribution in [1.82, 2.24) is 14.3 Å². The van der Waals surface area contributed by atoms with Crippen molar-refractivity contribution >= 4 is 10.0 Å². The lowest BCUT2D eigenvalue weighted by Crippen LogP contribution is -2.28. The van der Waals surface area contributed by atoms with Gasteiger partial charge >= 0.3 is 0 Å². The fraction of sp³-hybridized carbons (Fsp3) is 0.250. The average Bonchev–Trinajstić information content (AvgIpc) is 2.82. The van der Waals surface area contributed by atoms with Gasteiger partial charge in [-0.15, -0.1) is 0 Å². The summed E-state index contributed by atoms with van der Waals surface area (Å²) >= 11 is 0. The Kier molecular flexibility index (Phi) is 3.78. The molecule has 2 rings (SSSR count). The Hall–Kier alpha value is -1.66. The van der Waals surface area contributed by atoms with Gasteiger partial charge < -0.3 is 4.98 Å². The van der Waals surface area contributed by atoms with E-state index < -0.39 is 10.0 Å². The van der Waals surface area contributed by atoms with Gasteiger partial charge in [0.25, 0.3) is 0 Å². The van der Waals surface area contributed by atoms with Gasteiger partial charge in [-0.2, -0.15) is 4.31 Å². The number of aromatic nitrogens is 2. The van der Waals surface area contributed by atoms with Gasteiger partial charge in [0, 0.05) is 19.4 Å². The van der Waals surface area contributed by atoms with Crippen molar-refractivity contribution in [3.05, 3.63) is 54.1 Å². The van der Waals surface area contributed by atoms with Gasteiger partial charge in [-0.05, 0) is 5.56 Å². The zero-order valence-corrected chi connectivity index (χ0v) is 10.9. The summed E-state index contributed by atoms with van der Waals surface area (Å²) in [6.45, 7) is 0.252. The molecule has 0 radical (unpaired) electrons. The summed E-state index contributed by atoms with van der Waals surface area (Å²) in [6.07, 6.45) is 3.28. The quantitative estimate of drug-likeness (QED) is 0.888. The van der Waals surface area contributed by atoms with E-state index in [1.54, 1.807) is 31.6 Å². The first-order valence-electron chi connectivity index (χ1n) is 5.54. The van der Waals surface area contributed by atoms with Crippen molar-refractivity contribution < 1.29 is 8.42 Å². The SMILES string of the molecule is CN(Cc1ncc[nH]1)S(=O)(=O)Cc1ccccc1.